The highest BCUT2D eigenvalue weighted by molar-refractivity contribution is 7.15. The van der Waals surface area contributed by atoms with Crippen molar-refractivity contribution in [2.45, 2.75) is 25.7 Å². The SMILES string of the molecule is COC(=O)c1c(-c2ccc(Cl)cc2)csc1NC(=O)CN1CCCCCC1. The molecule has 0 aliphatic carbocycles. The van der Waals surface area contributed by atoms with Gasteiger partial charge in [0.25, 0.3) is 0 Å². The van der Waals surface area contributed by atoms with Crippen molar-refractivity contribution in [1.82, 2.24) is 4.90 Å². The third-order valence-corrected chi connectivity index (χ3v) is 5.80. The van der Waals surface area contributed by atoms with Gasteiger partial charge in [-0.05, 0) is 43.6 Å². The molecule has 1 fully saturated rings. The lowest BCUT2D eigenvalue weighted by molar-refractivity contribution is -0.117. The molecule has 1 aromatic heterocycles. The summed E-state index contributed by atoms with van der Waals surface area (Å²) in [5.41, 5.74) is 1.96. The monoisotopic (exact) mass is 406 g/mol. The Balaban J connectivity index is 1.79. The van der Waals surface area contributed by atoms with Crippen molar-refractivity contribution in [1.29, 1.82) is 0 Å². The average Bonchev–Trinajstić information content (AvgIpc) is 2.89. The fourth-order valence-electron chi connectivity index (χ4n) is 3.26. The molecule has 2 heterocycles. The van der Waals surface area contributed by atoms with Gasteiger partial charge in [0.15, 0.2) is 0 Å². The Morgan fingerprint density at radius 2 is 1.81 bits per heavy atom. The van der Waals surface area contributed by atoms with Crippen LogP contribution in [0.4, 0.5) is 5.00 Å². The topological polar surface area (TPSA) is 58.6 Å². The summed E-state index contributed by atoms with van der Waals surface area (Å²) in [6, 6.07) is 7.24. The number of rotatable bonds is 5. The number of halogens is 1. The van der Waals surface area contributed by atoms with Crippen LogP contribution in [-0.2, 0) is 9.53 Å². The minimum Gasteiger partial charge on any atom is -0.465 e. The van der Waals surface area contributed by atoms with E-state index in [9.17, 15) is 9.59 Å². The van der Waals surface area contributed by atoms with E-state index in [1.165, 1.54) is 31.3 Å². The summed E-state index contributed by atoms with van der Waals surface area (Å²) in [6.07, 6.45) is 4.70. The number of benzene rings is 1. The van der Waals surface area contributed by atoms with Crippen LogP contribution in [-0.4, -0.2) is 43.5 Å². The molecule has 3 rings (SSSR count). The summed E-state index contributed by atoms with van der Waals surface area (Å²) < 4.78 is 4.95. The first-order valence-corrected chi connectivity index (χ1v) is 10.3. The second kappa shape index (κ2) is 9.35. The number of methoxy groups -OCH3 is 1. The lowest BCUT2D eigenvalue weighted by Crippen LogP contribution is -2.34. The maximum atomic E-state index is 12.5. The van der Waals surface area contributed by atoms with Gasteiger partial charge >= 0.3 is 5.97 Å². The van der Waals surface area contributed by atoms with Gasteiger partial charge in [0.2, 0.25) is 5.91 Å². The van der Waals surface area contributed by atoms with E-state index in [0.29, 0.717) is 22.1 Å². The molecule has 1 amide bonds. The summed E-state index contributed by atoms with van der Waals surface area (Å²) >= 11 is 7.29. The van der Waals surface area contributed by atoms with Crippen LogP contribution >= 0.6 is 22.9 Å². The third-order valence-electron chi connectivity index (χ3n) is 4.65. The normalized spacial score (nSPS) is 15.2. The Labute approximate surface area is 168 Å². The lowest BCUT2D eigenvalue weighted by Gasteiger charge is -2.18. The molecule has 1 saturated heterocycles. The zero-order chi connectivity index (χ0) is 19.2. The number of ether oxygens (including phenoxy) is 1. The smallest absolute Gasteiger partial charge is 0.341 e. The largest absolute Gasteiger partial charge is 0.465 e. The molecule has 2 aromatic rings. The van der Waals surface area contributed by atoms with Crippen LogP contribution in [0.25, 0.3) is 11.1 Å². The van der Waals surface area contributed by atoms with Gasteiger partial charge in [-0.3, -0.25) is 9.69 Å². The highest BCUT2D eigenvalue weighted by atomic mass is 35.5. The predicted octanol–water partition coefficient (Wildman–Crippen LogP) is 4.67. The molecule has 0 atom stereocenters. The zero-order valence-electron chi connectivity index (χ0n) is 15.3. The van der Waals surface area contributed by atoms with Gasteiger partial charge in [0, 0.05) is 16.0 Å². The quantitative estimate of drug-likeness (QED) is 0.733. The van der Waals surface area contributed by atoms with E-state index in [0.717, 1.165) is 37.1 Å². The average molecular weight is 407 g/mol. The molecule has 0 saturated carbocycles. The number of nitrogens with one attached hydrogen (secondary N) is 1. The number of hydrogen-bond donors (Lipinski definition) is 1. The summed E-state index contributed by atoms with van der Waals surface area (Å²) in [6.45, 7) is 2.23. The number of anilines is 1. The second-order valence-electron chi connectivity index (χ2n) is 6.59. The Morgan fingerprint density at radius 1 is 1.15 bits per heavy atom. The Hall–Kier alpha value is -1.89. The molecule has 7 heteroatoms. The Morgan fingerprint density at radius 3 is 2.44 bits per heavy atom. The number of nitrogens with zero attached hydrogens (tertiary/aromatic N) is 1. The molecule has 0 unspecified atom stereocenters. The lowest BCUT2D eigenvalue weighted by atomic mass is 10.0. The predicted molar refractivity (Wildman–Crippen MR) is 110 cm³/mol. The summed E-state index contributed by atoms with van der Waals surface area (Å²) in [5, 5.41) is 5.91. The number of carbonyl (C=O) groups is 2. The van der Waals surface area contributed by atoms with E-state index < -0.39 is 5.97 Å². The van der Waals surface area contributed by atoms with Crippen molar-refractivity contribution < 1.29 is 14.3 Å². The third kappa shape index (κ3) is 5.09. The van der Waals surface area contributed by atoms with Crippen molar-refractivity contribution in [3.05, 3.63) is 40.2 Å². The maximum Gasteiger partial charge on any atom is 0.341 e. The summed E-state index contributed by atoms with van der Waals surface area (Å²) in [5.74, 6) is -0.571. The van der Waals surface area contributed by atoms with Crippen molar-refractivity contribution >= 4 is 39.8 Å². The van der Waals surface area contributed by atoms with Crippen LogP contribution in [0.3, 0.4) is 0 Å². The molecule has 0 bridgehead atoms. The van der Waals surface area contributed by atoms with Gasteiger partial charge in [-0.25, -0.2) is 4.79 Å². The molecule has 27 heavy (non-hydrogen) atoms. The molecule has 0 spiro atoms. The zero-order valence-corrected chi connectivity index (χ0v) is 16.9. The van der Waals surface area contributed by atoms with Crippen molar-refractivity contribution in [2.24, 2.45) is 0 Å². The van der Waals surface area contributed by atoms with Crippen LogP contribution in [0.2, 0.25) is 5.02 Å². The highest BCUT2D eigenvalue weighted by Gasteiger charge is 2.23. The van der Waals surface area contributed by atoms with Gasteiger partial charge < -0.3 is 10.1 Å². The van der Waals surface area contributed by atoms with Crippen molar-refractivity contribution in [2.75, 3.05) is 32.1 Å². The van der Waals surface area contributed by atoms with Gasteiger partial charge in [0.05, 0.1) is 13.7 Å². The van der Waals surface area contributed by atoms with Crippen LogP contribution in [0.15, 0.2) is 29.6 Å². The van der Waals surface area contributed by atoms with Crippen molar-refractivity contribution in [3.63, 3.8) is 0 Å². The Kier molecular flexibility index (Phi) is 6.88. The maximum absolute atomic E-state index is 12.5. The molecule has 1 N–H and O–H groups in total. The van der Waals surface area contributed by atoms with Gasteiger partial charge in [-0.1, -0.05) is 36.6 Å². The molecular weight excluding hydrogens is 384 g/mol. The van der Waals surface area contributed by atoms with Gasteiger partial charge in [-0.15, -0.1) is 11.3 Å². The van der Waals surface area contributed by atoms with Crippen molar-refractivity contribution in [3.8, 4) is 11.1 Å². The number of esters is 1. The molecular formula is C20H23ClN2O3S. The highest BCUT2D eigenvalue weighted by Crippen LogP contribution is 2.36. The Bertz CT molecular complexity index is 796. The molecule has 0 radical (unpaired) electrons. The van der Waals surface area contributed by atoms with E-state index >= 15 is 0 Å². The molecule has 1 aliphatic rings. The number of likely N-dealkylation sites (tertiary alicyclic amines) is 1. The fraction of sp³-hybridized carbons (Fsp3) is 0.400. The molecule has 144 valence electrons. The molecule has 1 aromatic carbocycles. The van der Waals surface area contributed by atoms with E-state index in [-0.39, 0.29) is 5.91 Å². The summed E-state index contributed by atoms with van der Waals surface area (Å²) in [7, 11) is 1.34. The minimum absolute atomic E-state index is 0.105. The van der Waals surface area contributed by atoms with E-state index in [1.54, 1.807) is 12.1 Å². The summed E-state index contributed by atoms with van der Waals surface area (Å²) in [4.78, 5) is 27.1. The number of amides is 1. The number of thiophene rings is 1. The molecule has 1 aliphatic heterocycles. The number of carbonyl (C=O) groups excluding carboxylic acids is 2. The number of hydrogen-bond acceptors (Lipinski definition) is 5. The standard InChI is InChI=1S/C20H23ClN2O3S/c1-26-20(25)18-16(14-6-8-15(21)9-7-14)13-27-19(18)22-17(24)12-23-10-4-2-3-5-11-23/h6-9,13H,2-5,10-12H2,1H3,(H,22,24). The second-order valence-corrected chi connectivity index (χ2v) is 7.91. The van der Waals surface area contributed by atoms with Crippen LogP contribution in [0.5, 0.6) is 0 Å². The first-order valence-electron chi connectivity index (χ1n) is 9.06. The van der Waals surface area contributed by atoms with Gasteiger partial charge in [-0.2, -0.15) is 0 Å². The first-order chi connectivity index (χ1) is 13.1. The molecule has 5 nitrogen and oxygen atoms in total. The van der Waals surface area contributed by atoms with E-state index in [2.05, 4.69) is 10.2 Å². The van der Waals surface area contributed by atoms with Crippen LogP contribution in [0.1, 0.15) is 36.0 Å². The van der Waals surface area contributed by atoms with Gasteiger partial charge in [0.1, 0.15) is 10.6 Å². The van der Waals surface area contributed by atoms with E-state index in [1.807, 2.05) is 17.5 Å². The fourth-order valence-corrected chi connectivity index (χ4v) is 4.36. The minimum atomic E-state index is -0.466. The van der Waals surface area contributed by atoms with Crippen LogP contribution < -0.4 is 5.32 Å². The van der Waals surface area contributed by atoms with E-state index in [4.69, 9.17) is 16.3 Å². The van der Waals surface area contributed by atoms with Crippen LogP contribution in [0, 0.1) is 0 Å². The first kappa shape index (κ1) is 19.9.